The van der Waals surface area contributed by atoms with E-state index < -0.39 is 0 Å². The van der Waals surface area contributed by atoms with E-state index in [1.807, 2.05) is 30.5 Å². The molecule has 0 bridgehead atoms. The van der Waals surface area contributed by atoms with E-state index in [1.54, 1.807) is 11.4 Å². The Labute approximate surface area is 146 Å². The normalized spacial score (nSPS) is 10.5. The summed E-state index contributed by atoms with van der Waals surface area (Å²) in [6, 6.07) is 7.30. The second-order valence-electron chi connectivity index (χ2n) is 4.82. The highest BCUT2D eigenvalue weighted by Crippen LogP contribution is 2.29. The number of benzene rings is 1. The highest BCUT2D eigenvalue weighted by molar-refractivity contribution is 7.22. The van der Waals surface area contributed by atoms with Gasteiger partial charge in [-0.15, -0.1) is 0 Å². The number of carbonyl (C=O) groups is 2. The number of hydrogen-bond donors (Lipinski definition) is 2. The van der Waals surface area contributed by atoms with Crippen LogP contribution in [-0.2, 0) is 4.79 Å². The van der Waals surface area contributed by atoms with Crippen LogP contribution in [0.25, 0.3) is 10.2 Å². The molecule has 0 atom stereocenters. The minimum atomic E-state index is -0.317. The Bertz CT molecular complexity index is 859. The largest absolute Gasteiger partial charge is 0.494 e. The maximum Gasteiger partial charge on any atom is 0.252 e. The fourth-order valence-corrected chi connectivity index (χ4v) is 3.58. The molecule has 0 aliphatic carbocycles. The van der Waals surface area contributed by atoms with Crippen LogP contribution < -0.4 is 15.4 Å². The minimum Gasteiger partial charge on any atom is -0.494 e. The summed E-state index contributed by atoms with van der Waals surface area (Å²) in [7, 11) is 0. The average molecular weight is 361 g/mol. The molecule has 0 saturated heterocycles. The van der Waals surface area contributed by atoms with Gasteiger partial charge in [0.1, 0.15) is 5.75 Å². The summed E-state index contributed by atoms with van der Waals surface area (Å²) < 4.78 is 6.38. The lowest BCUT2D eigenvalue weighted by Crippen LogP contribution is -2.32. The van der Waals surface area contributed by atoms with Crippen molar-refractivity contribution in [2.75, 3.05) is 18.5 Å². The van der Waals surface area contributed by atoms with Gasteiger partial charge >= 0.3 is 0 Å². The predicted molar refractivity (Wildman–Crippen MR) is 96.1 cm³/mol. The number of anilines is 1. The molecular weight excluding hydrogens is 346 g/mol. The second kappa shape index (κ2) is 7.41. The molecule has 24 heavy (non-hydrogen) atoms. The Balaban J connectivity index is 1.59. The van der Waals surface area contributed by atoms with E-state index in [2.05, 4.69) is 15.6 Å². The molecule has 2 aromatic heterocycles. The van der Waals surface area contributed by atoms with Gasteiger partial charge in [0.05, 0.1) is 23.4 Å². The van der Waals surface area contributed by atoms with E-state index in [-0.39, 0.29) is 18.4 Å². The number of aromatic nitrogens is 1. The van der Waals surface area contributed by atoms with Gasteiger partial charge in [-0.2, -0.15) is 11.3 Å². The number of thiophene rings is 1. The van der Waals surface area contributed by atoms with E-state index in [0.717, 1.165) is 16.0 Å². The molecule has 2 N–H and O–H groups in total. The van der Waals surface area contributed by atoms with Crippen molar-refractivity contribution >= 4 is 49.8 Å². The van der Waals surface area contributed by atoms with Crippen molar-refractivity contribution in [1.29, 1.82) is 0 Å². The number of thiazole rings is 1. The smallest absolute Gasteiger partial charge is 0.252 e. The molecule has 8 heteroatoms. The first-order chi connectivity index (χ1) is 11.7. The van der Waals surface area contributed by atoms with E-state index in [9.17, 15) is 9.59 Å². The van der Waals surface area contributed by atoms with Crippen LogP contribution in [0.5, 0.6) is 5.75 Å². The predicted octanol–water partition coefficient (Wildman–Crippen LogP) is 3.13. The molecule has 0 aliphatic heterocycles. The standard InChI is InChI=1S/C16H15N3O3S2/c1-2-22-11-3-4-12-13(7-11)24-16(18-12)19-14(20)8-17-15(21)10-5-6-23-9-10/h3-7,9H,2,8H2,1H3,(H,17,21)(H,18,19,20). The third-order valence-electron chi connectivity index (χ3n) is 3.11. The molecule has 0 spiro atoms. The fraction of sp³-hybridized carbons (Fsp3) is 0.188. The molecule has 0 radical (unpaired) electrons. The van der Waals surface area contributed by atoms with E-state index >= 15 is 0 Å². The van der Waals surface area contributed by atoms with Crippen molar-refractivity contribution in [3.8, 4) is 5.75 Å². The van der Waals surface area contributed by atoms with Crippen molar-refractivity contribution in [3.63, 3.8) is 0 Å². The van der Waals surface area contributed by atoms with Crippen LogP contribution in [-0.4, -0.2) is 29.9 Å². The molecule has 6 nitrogen and oxygen atoms in total. The Morgan fingerprint density at radius 3 is 2.92 bits per heavy atom. The van der Waals surface area contributed by atoms with Gasteiger partial charge in [0.15, 0.2) is 5.13 Å². The highest BCUT2D eigenvalue weighted by Gasteiger charge is 2.11. The van der Waals surface area contributed by atoms with Crippen molar-refractivity contribution in [1.82, 2.24) is 10.3 Å². The lowest BCUT2D eigenvalue weighted by atomic mass is 10.3. The number of ether oxygens (including phenoxy) is 1. The van der Waals surface area contributed by atoms with Gasteiger partial charge in [0.25, 0.3) is 5.91 Å². The Morgan fingerprint density at radius 2 is 2.17 bits per heavy atom. The Hall–Kier alpha value is -2.45. The molecule has 3 aromatic rings. The Morgan fingerprint density at radius 1 is 1.29 bits per heavy atom. The van der Waals surface area contributed by atoms with Gasteiger partial charge in [0, 0.05) is 10.9 Å². The van der Waals surface area contributed by atoms with Gasteiger partial charge in [-0.1, -0.05) is 11.3 Å². The quantitative estimate of drug-likeness (QED) is 0.707. The molecule has 0 unspecified atom stereocenters. The first-order valence-electron chi connectivity index (χ1n) is 7.29. The SMILES string of the molecule is CCOc1ccc2nc(NC(=O)CNC(=O)c3ccsc3)sc2c1. The number of carbonyl (C=O) groups excluding carboxylic acids is 2. The van der Waals surface area contributed by atoms with Gasteiger partial charge in [-0.05, 0) is 36.6 Å². The van der Waals surface area contributed by atoms with Crippen molar-refractivity contribution < 1.29 is 14.3 Å². The van der Waals surface area contributed by atoms with E-state index in [1.165, 1.54) is 22.7 Å². The summed E-state index contributed by atoms with van der Waals surface area (Å²) in [5, 5.41) is 9.32. The van der Waals surface area contributed by atoms with Crippen molar-refractivity contribution in [2.45, 2.75) is 6.92 Å². The third-order valence-corrected chi connectivity index (χ3v) is 4.73. The first kappa shape index (κ1) is 16.4. The third kappa shape index (κ3) is 3.90. The topological polar surface area (TPSA) is 80.3 Å². The van der Waals surface area contributed by atoms with Crippen LogP contribution in [0.4, 0.5) is 5.13 Å². The molecule has 1 aromatic carbocycles. The molecule has 124 valence electrons. The summed E-state index contributed by atoms with van der Waals surface area (Å²) in [4.78, 5) is 28.1. The van der Waals surface area contributed by atoms with Gasteiger partial charge < -0.3 is 15.4 Å². The molecular formula is C16H15N3O3S2. The van der Waals surface area contributed by atoms with Crippen LogP contribution in [0.3, 0.4) is 0 Å². The van der Waals surface area contributed by atoms with Crippen LogP contribution in [0.2, 0.25) is 0 Å². The number of fused-ring (bicyclic) bond motifs is 1. The molecule has 2 amide bonds. The summed E-state index contributed by atoms with van der Waals surface area (Å²) in [5.74, 6) is 0.189. The molecule has 0 aliphatic rings. The van der Waals surface area contributed by atoms with Gasteiger partial charge in [0.2, 0.25) is 5.91 Å². The first-order valence-corrected chi connectivity index (χ1v) is 9.05. The zero-order valence-corrected chi connectivity index (χ0v) is 14.5. The number of rotatable bonds is 6. The van der Waals surface area contributed by atoms with Crippen molar-refractivity contribution in [2.24, 2.45) is 0 Å². The van der Waals surface area contributed by atoms with E-state index in [0.29, 0.717) is 17.3 Å². The second-order valence-corrected chi connectivity index (χ2v) is 6.64. The summed E-state index contributed by atoms with van der Waals surface area (Å²) in [5.41, 5.74) is 1.34. The molecule has 3 rings (SSSR count). The summed E-state index contributed by atoms with van der Waals surface area (Å²) >= 11 is 2.80. The number of amides is 2. The van der Waals surface area contributed by atoms with Crippen LogP contribution in [0, 0.1) is 0 Å². The fourth-order valence-electron chi connectivity index (χ4n) is 2.03. The van der Waals surface area contributed by atoms with Crippen LogP contribution >= 0.6 is 22.7 Å². The molecule has 0 fully saturated rings. The zero-order valence-electron chi connectivity index (χ0n) is 12.9. The minimum absolute atomic E-state index is 0.102. The zero-order chi connectivity index (χ0) is 16.9. The van der Waals surface area contributed by atoms with Gasteiger partial charge in [-0.3, -0.25) is 9.59 Å². The Kier molecular flexibility index (Phi) is 5.07. The lowest BCUT2D eigenvalue weighted by Gasteiger charge is -2.03. The number of hydrogen-bond acceptors (Lipinski definition) is 6. The van der Waals surface area contributed by atoms with Crippen LogP contribution in [0.1, 0.15) is 17.3 Å². The highest BCUT2D eigenvalue weighted by atomic mass is 32.1. The van der Waals surface area contributed by atoms with E-state index in [4.69, 9.17) is 4.74 Å². The van der Waals surface area contributed by atoms with Gasteiger partial charge in [-0.25, -0.2) is 4.98 Å². The maximum atomic E-state index is 12.0. The number of nitrogens with one attached hydrogen (secondary N) is 2. The summed E-state index contributed by atoms with van der Waals surface area (Å²) in [6.45, 7) is 2.42. The van der Waals surface area contributed by atoms with Crippen molar-refractivity contribution in [3.05, 3.63) is 40.6 Å². The monoisotopic (exact) mass is 361 g/mol. The maximum absolute atomic E-state index is 12.0. The lowest BCUT2D eigenvalue weighted by molar-refractivity contribution is -0.115. The number of nitrogens with zero attached hydrogens (tertiary/aromatic N) is 1. The average Bonchev–Trinajstić information content (AvgIpc) is 3.21. The molecule has 2 heterocycles. The van der Waals surface area contributed by atoms with Crippen LogP contribution in [0.15, 0.2) is 35.0 Å². The molecule has 0 saturated carbocycles. The summed E-state index contributed by atoms with van der Waals surface area (Å²) in [6.07, 6.45) is 0.